The van der Waals surface area contributed by atoms with Crippen LogP contribution in [0.2, 0.25) is 5.02 Å². The van der Waals surface area contributed by atoms with E-state index in [0.29, 0.717) is 33.8 Å². The summed E-state index contributed by atoms with van der Waals surface area (Å²) in [7, 11) is 2.77. The minimum absolute atomic E-state index is 0.0642. The summed E-state index contributed by atoms with van der Waals surface area (Å²) in [6.07, 6.45) is 1.40. The number of carbonyl (C=O) groups excluding carboxylic acids is 3. The van der Waals surface area contributed by atoms with Crippen molar-refractivity contribution in [2.45, 2.75) is 27.4 Å². The highest BCUT2D eigenvalue weighted by molar-refractivity contribution is 14.1. The van der Waals surface area contributed by atoms with Gasteiger partial charge >= 0.3 is 6.03 Å². The van der Waals surface area contributed by atoms with Crippen LogP contribution in [0.4, 0.5) is 10.5 Å². The van der Waals surface area contributed by atoms with E-state index in [4.69, 9.17) is 30.5 Å². The zero-order valence-corrected chi connectivity index (χ0v) is 26.0. The van der Waals surface area contributed by atoms with Crippen molar-refractivity contribution in [1.82, 2.24) is 5.32 Å². The van der Waals surface area contributed by atoms with Gasteiger partial charge in [-0.25, -0.2) is 9.69 Å². The van der Waals surface area contributed by atoms with E-state index in [1.165, 1.54) is 43.6 Å². The van der Waals surface area contributed by atoms with Gasteiger partial charge < -0.3 is 18.9 Å². The Kier molecular flexibility index (Phi) is 9.44. The first-order valence-corrected chi connectivity index (χ1v) is 14.0. The van der Waals surface area contributed by atoms with Crippen LogP contribution >= 0.6 is 34.2 Å². The maximum atomic E-state index is 13.6. The minimum atomic E-state index is -0.931. The van der Waals surface area contributed by atoms with Crippen molar-refractivity contribution in [3.05, 3.63) is 78.9 Å². The smallest absolute Gasteiger partial charge is 0.336 e. The molecular weight excluding hydrogens is 663 g/mol. The van der Waals surface area contributed by atoms with Gasteiger partial charge in [-0.3, -0.25) is 14.9 Å². The number of benzene rings is 3. The van der Waals surface area contributed by atoms with Gasteiger partial charge in [0.05, 0.1) is 35.1 Å². The Morgan fingerprint density at radius 3 is 2.32 bits per heavy atom. The molecule has 1 fully saturated rings. The highest BCUT2D eigenvalue weighted by Crippen LogP contribution is 2.40. The van der Waals surface area contributed by atoms with Crippen LogP contribution in [0, 0.1) is 17.4 Å². The molecule has 41 heavy (non-hydrogen) atoms. The molecule has 11 heteroatoms. The van der Waals surface area contributed by atoms with Crippen LogP contribution in [0.25, 0.3) is 6.08 Å². The number of imide groups is 2. The van der Waals surface area contributed by atoms with E-state index in [9.17, 15) is 14.4 Å². The molecule has 3 aromatic rings. The second-order valence-corrected chi connectivity index (χ2v) is 10.7. The molecule has 0 spiro atoms. The molecule has 0 atom stereocenters. The van der Waals surface area contributed by atoms with Crippen molar-refractivity contribution < 1.29 is 33.3 Å². The number of methoxy groups -OCH3 is 2. The van der Waals surface area contributed by atoms with Crippen LogP contribution in [-0.4, -0.2) is 38.7 Å². The summed E-state index contributed by atoms with van der Waals surface area (Å²) in [5.41, 5.74) is 3.69. The number of urea groups is 1. The van der Waals surface area contributed by atoms with Gasteiger partial charge in [0.2, 0.25) is 0 Å². The SMILES string of the molecule is CCOc1cc(/C=C2\C(=O)NC(=O)N(c3cc(OC)c(Cl)cc3OC)C2=O)cc(I)c1OCc1ccc(C)c(C)c1. The van der Waals surface area contributed by atoms with Crippen molar-refractivity contribution >= 4 is 63.8 Å². The molecule has 0 radical (unpaired) electrons. The van der Waals surface area contributed by atoms with Crippen molar-refractivity contribution in [3.63, 3.8) is 0 Å². The van der Waals surface area contributed by atoms with Crippen LogP contribution in [0.3, 0.4) is 0 Å². The van der Waals surface area contributed by atoms with Gasteiger partial charge in [0.25, 0.3) is 11.8 Å². The van der Waals surface area contributed by atoms with Crippen LogP contribution < -0.4 is 29.2 Å². The van der Waals surface area contributed by atoms with E-state index in [2.05, 4.69) is 40.9 Å². The number of hydrogen-bond donors (Lipinski definition) is 1. The van der Waals surface area contributed by atoms with Gasteiger partial charge in [-0.05, 0) is 83.8 Å². The average molecular weight is 691 g/mol. The molecule has 1 heterocycles. The first kappa shape index (κ1) is 30.2. The van der Waals surface area contributed by atoms with E-state index < -0.39 is 17.8 Å². The third-order valence-electron chi connectivity index (χ3n) is 6.39. The Morgan fingerprint density at radius 1 is 0.927 bits per heavy atom. The molecule has 1 aliphatic rings. The van der Waals surface area contributed by atoms with Crippen molar-refractivity contribution in [2.24, 2.45) is 0 Å². The highest BCUT2D eigenvalue weighted by atomic mass is 127. The van der Waals surface area contributed by atoms with Gasteiger partial charge in [0.1, 0.15) is 23.7 Å². The van der Waals surface area contributed by atoms with E-state index in [1.807, 2.05) is 26.0 Å². The second-order valence-electron chi connectivity index (χ2n) is 9.09. The third-order valence-corrected chi connectivity index (χ3v) is 7.49. The number of aryl methyl sites for hydroxylation is 2. The molecule has 4 rings (SSSR count). The zero-order chi connectivity index (χ0) is 29.8. The second kappa shape index (κ2) is 12.8. The lowest BCUT2D eigenvalue weighted by molar-refractivity contribution is -0.122. The minimum Gasteiger partial charge on any atom is -0.495 e. The van der Waals surface area contributed by atoms with Crippen molar-refractivity contribution in [1.29, 1.82) is 0 Å². The summed E-state index contributed by atoms with van der Waals surface area (Å²) in [4.78, 5) is 40.0. The summed E-state index contributed by atoms with van der Waals surface area (Å²) in [5.74, 6) is -0.314. The number of anilines is 1. The van der Waals surface area contributed by atoms with Gasteiger partial charge in [-0.15, -0.1) is 0 Å². The average Bonchev–Trinajstić information content (AvgIpc) is 2.93. The summed E-state index contributed by atoms with van der Waals surface area (Å²) in [5, 5.41) is 2.44. The molecule has 0 aromatic heterocycles. The van der Waals surface area contributed by atoms with Crippen LogP contribution in [0.15, 0.2) is 48.0 Å². The number of rotatable bonds is 9. The summed E-state index contributed by atoms with van der Waals surface area (Å²) < 4.78 is 23.3. The molecule has 1 N–H and O–H groups in total. The molecule has 3 aromatic carbocycles. The van der Waals surface area contributed by atoms with E-state index in [0.717, 1.165) is 10.5 Å². The van der Waals surface area contributed by atoms with Crippen LogP contribution in [0.5, 0.6) is 23.0 Å². The molecule has 4 amide bonds. The van der Waals surface area contributed by atoms with Gasteiger partial charge in [0.15, 0.2) is 11.5 Å². The van der Waals surface area contributed by atoms with Gasteiger partial charge in [-0.2, -0.15) is 0 Å². The third kappa shape index (κ3) is 6.43. The fourth-order valence-corrected chi connectivity index (χ4v) is 5.20. The van der Waals surface area contributed by atoms with Crippen LogP contribution in [-0.2, 0) is 16.2 Å². The fourth-order valence-electron chi connectivity index (χ4n) is 4.19. The summed E-state index contributed by atoms with van der Waals surface area (Å²) >= 11 is 8.31. The highest BCUT2D eigenvalue weighted by Gasteiger charge is 2.38. The molecule has 0 saturated carbocycles. The normalized spacial score (nSPS) is 14.3. The number of nitrogens with one attached hydrogen (secondary N) is 1. The Hall–Kier alpha value is -3.77. The quantitative estimate of drug-likeness (QED) is 0.162. The van der Waals surface area contributed by atoms with Crippen molar-refractivity contribution in [2.75, 3.05) is 25.7 Å². The molecule has 0 unspecified atom stereocenters. The van der Waals surface area contributed by atoms with Gasteiger partial charge in [0, 0.05) is 12.1 Å². The molecule has 9 nitrogen and oxygen atoms in total. The number of amides is 4. The molecule has 1 aliphatic heterocycles. The Balaban J connectivity index is 1.70. The molecular formula is C30H28ClIN2O7. The standard InChI is InChI=1S/C30H28ClIN2O7/c1-6-40-26-12-19(11-22(32)27(26)41-15-18-8-7-16(2)17(3)9-18)10-20-28(35)33-30(37)34(29(20)36)23-14-24(38-4)21(31)13-25(23)39-5/h7-14H,6,15H2,1-5H3,(H,33,35,37)/b20-10+. The monoisotopic (exact) mass is 690 g/mol. The first-order chi connectivity index (χ1) is 19.6. The Morgan fingerprint density at radius 2 is 1.66 bits per heavy atom. The summed E-state index contributed by atoms with van der Waals surface area (Å²) in [6.45, 7) is 6.66. The number of barbiturate groups is 1. The Labute approximate surface area is 256 Å². The number of halogens is 2. The van der Waals surface area contributed by atoms with E-state index in [-0.39, 0.29) is 27.8 Å². The molecule has 0 bridgehead atoms. The lowest BCUT2D eigenvalue weighted by atomic mass is 10.1. The lowest BCUT2D eigenvalue weighted by Gasteiger charge is -2.28. The van der Waals surface area contributed by atoms with Crippen LogP contribution in [0.1, 0.15) is 29.2 Å². The Bertz CT molecular complexity index is 1570. The van der Waals surface area contributed by atoms with Gasteiger partial charge in [-0.1, -0.05) is 29.8 Å². The zero-order valence-electron chi connectivity index (χ0n) is 23.1. The molecule has 1 saturated heterocycles. The predicted octanol–water partition coefficient (Wildman–Crippen LogP) is 6.22. The number of ether oxygens (including phenoxy) is 4. The maximum absolute atomic E-state index is 13.6. The predicted molar refractivity (Wildman–Crippen MR) is 164 cm³/mol. The lowest BCUT2D eigenvalue weighted by Crippen LogP contribution is -2.54. The number of carbonyl (C=O) groups is 3. The van der Waals surface area contributed by atoms with Crippen molar-refractivity contribution in [3.8, 4) is 23.0 Å². The van der Waals surface area contributed by atoms with E-state index in [1.54, 1.807) is 12.1 Å². The molecule has 0 aliphatic carbocycles. The topological polar surface area (TPSA) is 103 Å². The first-order valence-electron chi connectivity index (χ1n) is 12.6. The van der Waals surface area contributed by atoms with E-state index >= 15 is 0 Å². The molecule has 214 valence electrons. The maximum Gasteiger partial charge on any atom is 0.336 e. The largest absolute Gasteiger partial charge is 0.495 e. The number of nitrogens with zero attached hydrogens (tertiary/aromatic N) is 1. The fraction of sp³-hybridized carbons (Fsp3) is 0.233. The number of hydrogen-bond acceptors (Lipinski definition) is 7. The summed E-state index contributed by atoms with van der Waals surface area (Å²) in [6, 6.07) is 11.5.